The Morgan fingerprint density at radius 2 is 2.19 bits per heavy atom. The standard InChI is InChI=1S/C17H26N4O5/c1-10-6-7-17(21(10)15(24)25-16(3,4)5)8-20(14(17)23)12(11(2)22)13-18-9-19-26-13/h9-12,22H,6-8H2,1-5H3/t10?,11-,12+,17?/m1/s1. The number of rotatable bonds is 3. The molecule has 1 aromatic rings. The van der Waals surface area contributed by atoms with Crippen molar-refractivity contribution in [2.24, 2.45) is 0 Å². The van der Waals surface area contributed by atoms with Gasteiger partial charge in [-0.05, 0) is 47.5 Å². The van der Waals surface area contributed by atoms with E-state index in [2.05, 4.69) is 10.1 Å². The molecule has 3 rings (SSSR count). The van der Waals surface area contributed by atoms with Crippen molar-refractivity contribution in [3.8, 4) is 0 Å². The summed E-state index contributed by atoms with van der Waals surface area (Å²) in [6.07, 6.45) is 1.15. The Balaban J connectivity index is 1.83. The fraction of sp³-hybridized carbons (Fsp3) is 0.765. The molecule has 0 bridgehead atoms. The second kappa shape index (κ2) is 6.22. The van der Waals surface area contributed by atoms with Gasteiger partial charge in [0.1, 0.15) is 17.2 Å². The molecule has 26 heavy (non-hydrogen) atoms. The van der Waals surface area contributed by atoms with Crippen LogP contribution in [0.4, 0.5) is 4.79 Å². The number of aliphatic hydroxyl groups excluding tert-OH is 1. The predicted molar refractivity (Wildman–Crippen MR) is 89.9 cm³/mol. The average Bonchev–Trinajstić information content (AvgIpc) is 3.14. The van der Waals surface area contributed by atoms with Crippen molar-refractivity contribution in [1.82, 2.24) is 19.9 Å². The molecule has 0 saturated carbocycles. The van der Waals surface area contributed by atoms with Crippen LogP contribution < -0.4 is 0 Å². The fourth-order valence-corrected chi connectivity index (χ4v) is 3.88. The van der Waals surface area contributed by atoms with Gasteiger partial charge < -0.3 is 19.3 Å². The molecular weight excluding hydrogens is 340 g/mol. The average molecular weight is 366 g/mol. The summed E-state index contributed by atoms with van der Waals surface area (Å²) in [5, 5.41) is 13.7. The number of carbonyl (C=O) groups excluding carboxylic acids is 2. The van der Waals surface area contributed by atoms with Crippen LogP contribution in [0.1, 0.15) is 59.4 Å². The van der Waals surface area contributed by atoms with E-state index in [1.165, 1.54) is 11.2 Å². The smallest absolute Gasteiger partial charge is 0.411 e. The molecule has 0 radical (unpaired) electrons. The Morgan fingerprint density at radius 1 is 1.50 bits per heavy atom. The Hall–Kier alpha value is -2.16. The van der Waals surface area contributed by atoms with Gasteiger partial charge in [0, 0.05) is 6.04 Å². The number of ether oxygens (including phenoxy) is 1. The summed E-state index contributed by atoms with van der Waals surface area (Å²) in [5.41, 5.74) is -1.56. The van der Waals surface area contributed by atoms with E-state index >= 15 is 0 Å². The lowest BCUT2D eigenvalue weighted by molar-refractivity contribution is -0.171. The summed E-state index contributed by atoms with van der Waals surface area (Å²) in [7, 11) is 0. The highest BCUT2D eigenvalue weighted by molar-refractivity contribution is 5.96. The van der Waals surface area contributed by atoms with E-state index in [-0.39, 0.29) is 17.8 Å². The predicted octanol–water partition coefficient (Wildman–Crippen LogP) is 1.49. The number of hydrogen-bond donors (Lipinski definition) is 1. The van der Waals surface area contributed by atoms with E-state index in [0.717, 1.165) is 6.42 Å². The van der Waals surface area contributed by atoms with Crippen molar-refractivity contribution in [3.63, 3.8) is 0 Å². The number of carbonyl (C=O) groups is 2. The number of aliphatic hydroxyl groups is 1. The number of amides is 2. The summed E-state index contributed by atoms with van der Waals surface area (Å²) in [6.45, 7) is 9.17. The van der Waals surface area contributed by atoms with Crippen LogP contribution >= 0.6 is 0 Å². The third-order valence-electron chi connectivity index (χ3n) is 4.98. The Labute approximate surface area is 152 Å². The molecule has 2 unspecified atom stereocenters. The lowest BCUT2D eigenvalue weighted by Gasteiger charge is -2.53. The van der Waals surface area contributed by atoms with Gasteiger partial charge in [0.25, 0.3) is 11.8 Å². The molecule has 2 saturated heterocycles. The van der Waals surface area contributed by atoms with Gasteiger partial charge in [-0.25, -0.2) is 4.79 Å². The number of nitrogens with zero attached hydrogens (tertiary/aromatic N) is 4. The molecule has 1 aromatic heterocycles. The molecule has 2 aliphatic heterocycles. The van der Waals surface area contributed by atoms with Gasteiger partial charge in [-0.2, -0.15) is 4.98 Å². The molecule has 144 valence electrons. The fourth-order valence-electron chi connectivity index (χ4n) is 3.88. The molecule has 0 aromatic carbocycles. The first-order valence-electron chi connectivity index (χ1n) is 8.85. The first kappa shape index (κ1) is 18.6. The lowest BCUT2D eigenvalue weighted by atomic mass is 9.83. The quantitative estimate of drug-likeness (QED) is 0.807. The van der Waals surface area contributed by atoms with Crippen molar-refractivity contribution in [3.05, 3.63) is 12.2 Å². The van der Waals surface area contributed by atoms with Gasteiger partial charge in [-0.15, -0.1) is 0 Å². The summed E-state index contributed by atoms with van der Waals surface area (Å²) in [4.78, 5) is 32.9. The van der Waals surface area contributed by atoms with E-state index in [9.17, 15) is 14.7 Å². The molecule has 2 aliphatic rings. The van der Waals surface area contributed by atoms with Crippen LogP contribution in [0.25, 0.3) is 0 Å². The number of aromatic nitrogens is 2. The highest BCUT2D eigenvalue weighted by Crippen LogP contribution is 2.46. The molecule has 9 heteroatoms. The highest BCUT2D eigenvalue weighted by atomic mass is 16.6. The van der Waals surface area contributed by atoms with E-state index < -0.39 is 29.4 Å². The van der Waals surface area contributed by atoms with Crippen LogP contribution in [0.5, 0.6) is 0 Å². The van der Waals surface area contributed by atoms with Crippen molar-refractivity contribution in [2.75, 3.05) is 6.54 Å². The minimum atomic E-state index is -0.922. The van der Waals surface area contributed by atoms with Gasteiger partial charge in [0.2, 0.25) is 0 Å². The van der Waals surface area contributed by atoms with Crippen molar-refractivity contribution < 1.29 is 24.0 Å². The topological polar surface area (TPSA) is 109 Å². The molecule has 2 fully saturated rings. The zero-order chi connectivity index (χ0) is 19.3. The van der Waals surface area contributed by atoms with Gasteiger partial charge in [-0.3, -0.25) is 9.69 Å². The third kappa shape index (κ3) is 2.94. The second-order valence-corrected chi connectivity index (χ2v) is 8.17. The summed E-state index contributed by atoms with van der Waals surface area (Å²) in [5.74, 6) is -0.0464. The van der Waals surface area contributed by atoms with Crippen molar-refractivity contribution in [1.29, 1.82) is 0 Å². The maximum atomic E-state index is 13.1. The summed E-state index contributed by atoms with van der Waals surface area (Å²) >= 11 is 0. The van der Waals surface area contributed by atoms with E-state index in [1.807, 2.05) is 6.92 Å². The van der Waals surface area contributed by atoms with Crippen LogP contribution in [0.3, 0.4) is 0 Å². The summed E-state index contributed by atoms with van der Waals surface area (Å²) in [6, 6.07) is -0.823. The van der Waals surface area contributed by atoms with Gasteiger partial charge in [0.15, 0.2) is 6.33 Å². The van der Waals surface area contributed by atoms with Crippen LogP contribution in [-0.4, -0.2) is 66.9 Å². The molecule has 4 atom stereocenters. The Morgan fingerprint density at radius 3 is 2.69 bits per heavy atom. The molecule has 3 heterocycles. The first-order chi connectivity index (χ1) is 12.1. The SMILES string of the molecule is CC1CCC2(CN([C@H](c3ncno3)[C@@H](C)O)C2=O)N1C(=O)OC(C)(C)C. The minimum Gasteiger partial charge on any atom is -0.444 e. The van der Waals surface area contributed by atoms with E-state index in [0.29, 0.717) is 13.0 Å². The van der Waals surface area contributed by atoms with Crippen LogP contribution in [0.15, 0.2) is 10.9 Å². The normalized spacial score (nSPS) is 28.2. The zero-order valence-electron chi connectivity index (χ0n) is 15.8. The van der Waals surface area contributed by atoms with E-state index in [4.69, 9.17) is 9.26 Å². The molecule has 0 aliphatic carbocycles. The lowest BCUT2D eigenvalue weighted by Crippen LogP contribution is -2.74. The Bertz CT molecular complexity index is 684. The zero-order valence-corrected chi connectivity index (χ0v) is 15.8. The molecular formula is C17H26N4O5. The largest absolute Gasteiger partial charge is 0.444 e. The maximum absolute atomic E-state index is 13.1. The van der Waals surface area contributed by atoms with Crippen LogP contribution in [-0.2, 0) is 9.53 Å². The van der Waals surface area contributed by atoms with Crippen LogP contribution in [0, 0.1) is 0 Å². The molecule has 1 N–H and O–H groups in total. The second-order valence-electron chi connectivity index (χ2n) is 8.17. The summed E-state index contributed by atoms with van der Waals surface area (Å²) < 4.78 is 10.6. The van der Waals surface area contributed by atoms with Crippen molar-refractivity contribution in [2.45, 2.75) is 76.8 Å². The van der Waals surface area contributed by atoms with Gasteiger partial charge >= 0.3 is 6.09 Å². The number of likely N-dealkylation sites (tertiary alicyclic amines) is 2. The molecule has 1 spiro atoms. The van der Waals surface area contributed by atoms with E-state index in [1.54, 1.807) is 32.6 Å². The number of β-lactam (4-membered cyclic amide) rings is 1. The Kier molecular flexibility index (Phi) is 4.46. The number of hydrogen-bond acceptors (Lipinski definition) is 7. The van der Waals surface area contributed by atoms with Crippen molar-refractivity contribution >= 4 is 12.0 Å². The monoisotopic (exact) mass is 366 g/mol. The van der Waals surface area contributed by atoms with Crippen LogP contribution in [0.2, 0.25) is 0 Å². The minimum absolute atomic E-state index is 0.0932. The van der Waals surface area contributed by atoms with Gasteiger partial charge in [0.05, 0.1) is 12.6 Å². The first-order valence-corrected chi connectivity index (χ1v) is 8.85. The molecule has 2 amide bonds. The highest BCUT2D eigenvalue weighted by Gasteiger charge is 2.64. The molecule has 9 nitrogen and oxygen atoms in total. The van der Waals surface area contributed by atoms with Gasteiger partial charge in [-0.1, -0.05) is 5.16 Å². The maximum Gasteiger partial charge on any atom is 0.411 e. The third-order valence-corrected chi connectivity index (χ3v) is 4.98.